The van der Waals surface area contributed by atoms with Gasteiger partial charge in [0.1, 0.15) is 11.6 Å². The highest BCUT2D eigenvalue weighted by Gasteiger charge is 2.50. The lowest BCUT2D eigenvalue weighted by Crippen LogP contribution is -2.50. The van der Waals surface area contributed by atoms with Crippen LogP contribution in [0.15, 0.2) is 72.8 Å². The fraction of sp³-hybridized carbons (Fsp3) is 0.375. The van der Waals surface area contributed by atoms with E-state index in [1.807, 2.05) is 79.7 Å². The first-order valence-electron chi connectivity index (χ1n) is 14.1. The minimum Gasteiger partial charge on any atom is -0.465 e. The molecule has 0 bridgehead atoms. The highest BCUT2D eigenvalue weighted by atomic mass is 16.4. The normalized spacial score (nSPS) is 18.3. The van der Waals surface area contributed by atoms with Gasteiger partial charge in [-0.25, -0.2) is 4.79 Å². The molecule has 3 amide bonds. The van der Waals surface area contributed by atoms with Crippen LogP contribution in [0.4, 0.5) is 4.79 Å². The number of hydrogen-bond donors (Lipinski definition) is 5. The van der Waals surface area contributed by atoms with Crippen LogP contribution < -0.4 is 16.0 Å². The van der Waals surface area contributed by atoms with Crippen molar-refractivity contribution in [2.45, 2.75) is 64.1 Å². The molecule has 0 aromatic heterocycles. The second-order valence-corrected chi connectivity index (χ2v) is 11.2. The van der Waals surface area contributed by atoms with Crippen LogP contribution in [-0.4, -0.2) is 52.5 Å². The summed E-state index contributed by atoms with van der Waals surface area (Å²) >= 11 is 0. The molecule has 0 radical (unpaired) electrons. The summed E-state index contributed by atoms with van der Waals surface area (Å²) < 4.78 is 0. The van der Waals surface area contributed by atoms with Gasteiger partial charge in [-0.15, -0.1) is 0 Å². The molecule has 9 nitrogen and oxygen atoms in total. The number of nitrogens with one attached hydrogen (secondary N) is 4. The number of benzene rings is 3. The predicted molar refractivity (Wildman–Crippen MR) is 160 cm³/mol. The first-order valence-corrected chi connectivity index (χ1v) is 14.1. The van der Waals surface area contributed by atoms with Crippen molar-refractivity contribution in [3.8, 4) is 0 Å². The summed E-state index contributed by atoms with van der Waals surface area (Å²) in [5, 5.41) is 28.4. The number of carbonyl (C=O) groups excluding carboxylic acids is 2. The molecule has 3 aromatic rings. The number of guanidine groups is 1. The second kappa shape index (κ2) is 12.8. The third kappa shape index (κ3) is 6.85. The lowest BCUT2D eigenvalue weighted by Gasteiger charge is -2.29. The van der Waals surface area contributed by atoms with E-state index in [2.05, 4.69) is 29.8 Å². The summed E-state index contributed by atoms with van der Waals surface area (Å²) in [5.74, 6) is -0.229. The van der Waals surface area contributed by atoms with E-state index >= 15 is 0 Å². The van der Waals surface area contributed by atoms with Crippen LogP contribution in [0.1, 0.15) is 51.2 Å². The van der Waals surface area contributed by atoms with Crippen LogP contribution in [0.2, 0.25) is 0 Å². The maximum atomic E-state index is 13.7. The van der Waals surface area contributed by atoms with Gasteiger partial charge in [-0.3, -0.25) is 19.9 Å². The molecule has 1 saturated heterocycles. The van der Waals surface area contributed by atoms with E-state index in [-0.39, 0.29) is 30.2 Å². The number of rotatable bonds is 12. The Morgan fingerprint density at radius 2 is 1.66 bits per heavy atom. The minimum atomic E-state index is -1.26. The molecule has 1 aliphatic rings. The highest BCUT2D eigenvalue weighted by Crippen LogP contribution is 2.35. The van der Waals surface area contributed by atoms with Crippen molar-refractivity contribution in [2.75, 3.05) is 6.54 Å². The van der Waals surface area contributed by atoms with Gasteiger partial charge >= 0.3 is 6.09 Å². The number of nitrogens with zero attached hydrogens (tertiary/aromatic N) is 1. The van der Waals surface area contributed by atoms with Crippen LogP contribution in [0.3, 0.4) is 0 Å². The maximum absolute atomic E-state index is 13.7. The number of hydrogen-bond acceptors (Lipinski definition) is 4. The average molecular weight is 558 g/mol. The summed E-state index contributed by atoms with van der Waals surface area (Å²) in [7, 11) is 0. The zero-order chi connectivity index (χ0) is 29.6. The Morgan fingerprint density at radius 1 is 0.976 bits per heavy atom. The quantitative estimate of drug-likeness (QED) is 0.222. The lowest BCUT2D eigenvalue weighted by molar-refractivity contribution is -0.132. The van der Waals surface area contributed by atoms with Crippen molar-refractivity contribution in [3.05, 3.63) is 83.9 Å². The maximum Gasteiger partial charge on any atom is 0.405 e. The van der Waals surface area contributed by atoms with Crippen LogP contribution in [0.25, 0.3) is 10.8 Å². The number of carbonyl (C=O) groups is 3. The molecule has 1 aliphatic heterocycles. The van der Waals surface area contributed by atoms with E-state index in [9.17, 15) is 19.5 Å². The summed E-state index contributed by atoms with van der Waals surface area (Å²) in [6, 6.07) is 21.9. The van der Waals surface area contributed by atoms with Crippen LogP contribution in [0.5, 0.6) is 0 Å². The smallest absolute Gasteiger partial charge is 0.405 e. The minimum absolute atomic E-state index is 0.0806. The number of fused-ring (bicyclic) bond motifs is 1. The van der Waals surface area contributed by atoms with Gasteiger partial charge in [0.05, 0.1) is 0 Å². The summed E-state index contributed by atoms with van der Waals surface area (Å²) in [6.07, 6.45) is 0.633. The topological polar surface area (TPSA) is 135 Å². The molecule has 41 heavy (non-hydrogen) atoms. The fourth-order valence-corrected chi connectivity index (χ4v) is 5.68. The SMILES string of the molecule is CC(C)CC1(c2ccccc2)NC(=N)N(CCCC(C)NC(=O)C(Cc2cccc3ccccc23)NC(=O)O)C1=O. The van der Waals surface area contributed by atoms with Gasteiger partial charge in [0.25, 0.3) is 5.91 Å². The van der Waals surface area contributed by atoms with Gasteiger partial charge in [0.2, 0.25) is 5.91 Å². The van der Waals surface area contributed by atoms with Gasteiger partial charge < -0.3 is 21.1 Å². The standard InChI is InChI=1S/C32H39N5O4/c1-21(2)20-32(25-15-5-4-6-16-25)29(39)37(30(33)36-32)18-10-11-22(3)34-28(38)27(35-31(40)41)19-24-14-9-13-23-12-7-8-17-26(23)24/h4-9,12-17,21-22,27,35H,10-11,18-20H2,1-3H3,(H2,33,36)(H,34,38)(H,40,41). The Bertz CT molecular complexity index is 1400. The molecule has 3 atom stereocenters. The molecule has 0 saturated carbocycles. The van der Waals surface area contributed by atoms with Crippen LogP contribution in [0, 0.1) is 11.3 Å². The van der Waals surface area contributed by atoms with Gasteiger partial charge in [0, 0.05) is 19.0 Å². The van der Waals surface area contributed by atoms with Crippen molar-refractivity contribution in [3.63, 3.8) is 0 Å². The van der Waals surface area contributed by atoms with Gasteiger partial charge in [0.15, 0.2) is 5.96 Å². The van der Waals surface area contributed by atoms with E-state index in [4.69, 9.17) is 5.41 Å². The highest BCUT2D eigenvalue weighted by molar-refractivity contribution is 6.08. The van der Waals surface area contributed by atoms with E-state index < -0.39 is 23.6 Å². The fourth-order valence-electron chi connectivity index (χ4n) is 5.68. The molecule has 3 aromatic carbocycles. The zero-order valence-electron chi connectivity index (χ0n) is 23.8. The van der Waals surface area contributed by atoms with E-state index in [0.717, 1.165) is 21.9 Å². The van der Waals surface area contributed by atoms with Crippen molar-refractivity contribution < 1.29 is 19.5 Å². The Kier molecular flexibility index (Phi) is 9.27. The van der Waals surface area contributed by atoms with E-state index in [1.54, 1.807) is 0 Å². The molecule has 216 valence electrons. The molecule has 1 heterocycles. The third-order valence-electron chi connectivity index (χ3n) is 7.52. The van der Waals surface area contributed by atoms with E-state index in [1.165, 1.54) is 4.90 Å². The second-order valence-electron chi connectivity index (χ2n) is 11.2. The molecule has 0 aliphatic carbocycles. The molecule has 1 fully saturated rings. The Morgan fingerprint density at radius 3 is 2.37 bits per heavy atom. The largest absolute Gasteiger partial charge is 0.465 e. The molecule has 3 unspecified atom stereocenters. The molecule has 9 heteroatoms. The Labute approximate surface area is 240 Å². The van der Waals surface area contributed by atoms with Crippen molar-refractivity contribution >= 4 is 34.6 Å². The van der Waals surface area contributed by atoms with Gasteiger partial charge in [-0.1, -0.05) is 86.6 Å². The lowest BCUT2D eigenvalue weighted by atomic mass is 9.82. The van der Waals surface area contributed by atoms with Crippen LogP contribution in [-0.2, 0) is 21.5 Å². The number of carboxylic acid groups (broad SMARTS) is 1. The molecular weight excluding hydrogens is 518 g/mol. The molecule has 5 N–H and O–H groups in total. The third-order valence-corrected chi connectivity index (χ3v) is 7.52. The zero-order valence-corrected chi connectivity index (χ0v) is 23.8. The Hall–Kier alpha value is -4.40. The first-order chi connectivity index (χ1) is 19.6. The molecule has 4 rings (SSSR count). The summed E-state index contributed by atoms with van der Waals surface area (Å²) in [6.45, 7) is 6.31. The van der Waals surface area contributed by atoms with E-state index in [0.29, 0.717) is 25.8 Å². The van der Waals surface area contributed by atoms with Gasteiger partial charge in [-0.2, -0.15) is 0 Å². The van der Waals surface area contributed by atoms with Crippen molar-refractivity contribution in [1.29, 1.82) is 5.41 Å². The van der Waals surface area contributed by atoms with Gasteiger partial charge in [-0.05, 0) is 54.0 Å². The summed E-state index contributed by atoms with van der Waals surface area (Å²) in [5.41, 5.74) is 0.755. The number of amides is 3. The monoisotopic (exact) mass is 557 g/mol. The summed E-state index contributed by atoms with van der Waals surface area (Å²) in [4.78, 5) is 39.8. The van der Waals surface area contributed by atoms with Crippen molar-refractivity contribution in [2.24, 2.45) is 5.92 Å². The predicted octanol–water partition coefficient (Wildman–Crippen LogP) is 4.61. The first kappa shape index (κ1) is 29.6. The van der Waals surface area contributed by atoms with Crippen LogP contribution >= 0.6 is 0 Å². The molecule has 0 spiro atoms. The Balaban J connectivity index is 1.37. The van der Waals surface area contributed by atoms with Crippen molar-refractivity contribution in [1.82, 2.24) is 20.9 Å². The average Bonchev–Trinajstić information content (AvgIpc) is 3.17. The molecular formula is C32H39N5O4.